The Hall–Kier alpha value is -2.93. The number of carbonyl (C=O) groups excluding carboxylic acids is 2. The van der Waals surface area contributed by atoms with Gasteiger partial charge in [0, 0.05) is 6.42 Å². The first-order chi connectivity index (χ1) is 13.6. The number of aromatic nitrogens is 1. The van der Waals surface area contributed by atoms with Crippen LogP contribution < -0.4 is 9.54 Å². The number of amides is 1. The van der Waals surface area contributed by atoms with Crippen molar-refractivity contribution >= 4 is 33.4 Å². The average Bonchev–Trinajstić information content (AvgIpc) is 3.04. The molecule has 0 atom stereocenters. The number of aryl methyl sites for hydroxylation is 1. The molecular weight excluding hydrogens is 376 g/mol. The Labute approximate surface area is 167 Å². The van der Waals surface area contributed by atoms with Crippen LogP contribution in [0.15, 0.2) is 53.5 Å². The van der Waals surface area contributed by atoms with Crippen molar-refractivity contribution in [3.63, 3.8) is 0 Å². The van der Waals surface area contributed by atoms with Gasteiger partial charge in [-0.1, -0.05) is 41.7 Å². The highest BCUT2D eigenvalue weighted by molar-refractivity contribution is 7.16. The number of benzene rings is 2. The maximum Gasteiger partial charge on any atom is 0.325 e. The molecular formula is C21H22N2O4S. The highest BCUT2D eigenvalue weighted by atomic mass is 32.1. The molecule has 0 aliphatic rings. The Morgan fingerprint density at radius 2 is 1.89 bits per heavy atom. The molecule has 0 bridgehead atoms. The molecule has 0 spiro atoms. The third-order valence-electron chi connectivity index (χ3n) is 4.32. The predicted octanol–water partition coefficient (Wildman–Crippen LogP) is 3.33. The third-order valence-corrected chi connectivity index (χ3v) is 5.37. The highest BCUT2D eigenvalue weighted by Crippen LogP contribution is 2.23. The molecule has 1 amide bonds. The Balaban J connectivity index is 1.83. The summed E-state index contributed by atoms with van der Waals surface area (Å²) in [4.78, 5) is 29.0. The van der Waals surface area contributed by atoms with E-state index in [1.165, 1.54) is 24.0 Å². The molecule has 0 fully saturated rings. The molecule has 0 saturated heterocycles. The normalized spacial score (nSPS) is 11.6. The lowest BCUT2D eigenvalue weighted by Crippen LogP contribution is -2.22. The molecule has 3 rings (SSSR count). The number of fused-ring (bicyclic) bond motifs is 1. The zero-order valence-corrected chi connectivity index (χ0v) is 16.7. The van der Waals surface area contributed by atoms with Gasteiger partial charge in [0.25, 0.3) is 0 Å². The van der Waals surface area contributed by atoms with Crippen molar-refractivity contribution in [3.05, 3.63) is 58.9 Å². The second-order valence-corrected chi connectivity index (χ2v) is 7.23. The van der Waals surface area contributed by atoms with Gasteiger partial charge in [0.15, 0.2) is 4.80 Å². The van der Waals surface area contributed by atoms with Crippen molar-refractivity contribution in [3.8, 4) is 5.75 Å². The van der Waals surface area contributed by atoms with E-state index in [0.717, 1.165) is 23.1 Å². The Morgan fingerprint density at radius 1 is 1.11 bits per heavy atom. The van der Waals surface area contributed by atoms with Crippen molar-refractivity contribution in [1.29, 1.82) is 0 Å². The van der Waals surface area contributed by atoms with E-state index in [2.05, 4.69) is 4.99 Å². The molecule has 3 aromatic rings. The van der Waals surface area contributed by atoms with Crippen LogP contribution in [0.1, 0.15) is 18.4 Å². The van der Waals surface area contributed by atoms with Gasteiger partial charge in [0.1, 0.15) is 12.3 Å². The largest absolute Gasteiger partial charge is 0.497 e. The minimum atomic E-state index is -0.395. The fourth-order valence-corrected chi connectivity index (χ4v) is 3.94. The lowest BCUT2D eigenvalue weighted by atomic mass is 10.1. The monoisotopic (exact) mass is 398 g/mol. The SMILES string of the molecule is COC(=O)Cn1c(=NC(=O)CCCc2ccccc2)sc2cc(OC)ccc21. The van der Waals surface area contributed by atoms with Crippen LogP contribution in [0.2, 0.25) is 0 Å². The van der Waals surface area contributed by atoms with Crippen LogP contribution >= 0.6 is 11.3 Å². The topological polar surface area (TPSA) is 69.9 Å². The van der Waals surface area contributed by atoms with E-state index in [1.54, 1.807) is 11.7 Å². The van der Waals surface area contributed by atoms with Crippen LogP contribution in [0.5, 0.6) is 5.75 Å². The molecule has 0 unspecified atom stereocenters. The number of ether oxygens (including phenoxy) is 2. The van der Waals surface area contributed by atoms with Crippen LogP contribution in [-0.2, 0) is 27.3 Å². The van der Waals surface area contributed by atoms with E-state index in [1.807, 2.05) is 48.5 Å². The summed E-state index contributed by atoms with van der Waals surface area (Å²) in [5.74, 6) is 0.112. The van der Waals surface area contributed by atoms with Crippen molar-refractivity contribution in [2.45, 2.75) is 25.8 Å². The van der Waals surface area contributed by atoms with Crippen molar-refractivity contribution < 1.29 is 19.1 Å². The number of carbonyl (C=O) groups is 2. The Bertz CT molecular complexity index is 1040. The summed E-state index contributed by atoms with van der Waals surface area (Å²) in [6.07, 6.45) is 1.90. The summed E-state index contributed by atoms with van der Waals surface area (Å²) in [5, 5.41) is 0. The lowest BCUT2D eigenvalue weighted by Gasteiger charge is -2.04. The van der Waals surface area contributed by atoms with E-state index in [9.17, 15) is 9.59 Å². The quantitative estimate of drug-likeness (QED) is 0.573. The first-order valence-corrected chi connectivity index (χ1v) is 9.78. The second kappa shape index (κ2) is 9.32. The lowest BCUT2D eigenvalue weighted by molar-refractivity contribution is -0.141. The average molecular weight is 398 g/mol. The molecule has 146 valence electrons. The van der Waals surface area contributed by atoms with Gasteiger partial charge in [0.2, 0.25) is 5.91 Å². The molecule has 7 heteroatoms. The van der Waals surface area contributed by atoms with Crippen LogP contribution in [0.4, 0.5) is 0 Å². The molecule has 1 heterocycles. The molecule has 6 nitrogen and oxygen atoms in total. The Morgan fingerprint density at radius 3 is 2.61 bits per heavy atom. The number of esters is 1. The third kappa shape index (κ3) is 4.86. The predicted molar refractivity (Wildman–Crippen MR) is 108 cm³/mol. The molecule has 2 aromatic carbocycles. The van der Waals surface area contributed by atoms with Crippen molar-refractivity contribution in [2.75, 3.05) is 14.2 Å². The van der Waals surface area contributed by atoms with Gasteiger partial charge in [-0.25, -0.2) is 0 Å². The van der Waals surface area contributed by atoms with E-state index in [-0.39, 0.29) is 12.5 Å². The van der Waals surface area contributed by atoms with Gasteiger partial charge in [0.05, 0.1) is 24.4 Å². The van der Waals surface area contributed by atoms with E-state index < -0.39 is 5.97 Å². The van der Waals surface area contributed by atoms with Crippen LogP contribution in [0.25, 0.3) is 10.2 Å². The Kier molecular flexibility index (Phi) is 6.60. The van der Waals surface area contributed by atoms with E-state index in [0.29, 0.717) is 17.0 Å². The summed E-state index contributed by atoms with van der Waals surface area (Å²) in [7, 11) is 2.94. The van der Waals surface area contributed by atoms with Crippen molar-refractivity contribution in [2.24, 2.45) is 4.99 Å². The minimum absolute atomic E-state index is 0.00103. The van der Waals surface area contributed by atoms with E-state index in [4.69, 9.17) is 9.47 Å². The second-order valence-electron chi connectivity index (χ2n) is 6.23. The van der Waals surface area contributed by atoms with Gasteiger partial charge in [-0.05, 0) is 36.6 Å². The molecule has 0 N–H and O–H groups in total. The molecule has 1 aromatic heterocycles. The summed E-state index contributed by atoms with van der Waals surface area (Å²) in [6.45, 7) is -0.00103. The van der Waals surface area contributed by atoms with E-state index >= 15 is 0 Å². The number of hydrogen-bond donors (Lipinski definition) is 0. The van der Waals surface area contributed by atoms with Gasteiger partial charge in [-0.3, -0.25) is 9.59 Å². The summed E-state index contributed by atoms with van der Waals surface area (Å²) >= 11 is 1.35. The van der Waals surface area contributed by atoms with Gasteiger partial charge in [-0.15, -0.1) is 0 Å². The molecule has 0 aliphatic heterocycles. The zero-order chi connectivity index (χ0) is 19.9. The number of hydrogen-bond acceptors (Lipinski definition) is 5. The highest BCUT2D eigenvalue weighted by Gasteiger charge is 2.12. The zero-order valence-electron chi connectivity index (χ0n) is 15.9. The fourth-order valence-electron chi connectivity index (χ4n) is 2.86. The molecule has 0 aliphatic carbocycles. The number of thiazole rings is 1. The van der Waals surface area contributed by atoms with Crippen LogP contribution in [0.3, 0.4) is 0 Å². The number of nitrogens with zero attached hydrogens (tertiary/aromatic N) is 2. The van der Waals surface area contributed by atoms with Gasteiger partial charge >= 0.3 is 5.97 Å². The van der Waals surface area contributed by atoms with Gasteiger partial charge < -0.3 is 14.0 Å². The molecule has 28 heavy (non-hydrogen) atoms. The standard InChI is InChI=1S/C21H22N2O4S/c1-26-16-11-12-17-18(13-16)28-21(23(17)14-20(25)27-2)22-19(24)10-6-9-15-7-4-3-5-8-15/h3-5,7-8,11-13H,6,9-10,14H2,1-2H3. The van der Waals surface area contributed by atoms with Gasteiger partial charge in [-0.2, -0.15) is 4.99 Å². The maximum absolute atomic E-state index is 12.4. The smallest absolute Gasteiger partial charge is 0.325 e. The molecule has 0 saturated carbocycles. The number of rotatable bonds is 7. The summed E-state index contributed by atoms with van der Waals surface area (Å²) in [6, 6.07) is 15.6. The fraction of sp³-hybridized carbons (Fsp3) is 0.286. The first kappa shape index (κ1) is 19.8. The maximum atomic E-state index is 12.4. The van der Waals surface area contributed by atoms with Crippen LogP contribution in [0, 0.1) is 0 Å². The molecule has 0 radical (unpaired) electrons. The van der Waals surface area contributed by atoms with Crippen molar-refractivity contribution in [1.82, 2.24) is 4.57 Å². The minimum Gasteiger partial charge on any atom is -0.497 e. The van der Waals surface area contributed by atoms with Crippen LogP contribution in [-0.4, -0.2) is 30.7 Å². The summed E-state index contributed by atoms with van der Waals surface area (Å²) in [5.41, 5.74) is 2.01. The number of methoxy groups -OCH3 is 2. The first-order valence-electron chi connectivity index (χ1n) is 8.96. The summed E-state index contributed by atoms with van der Waals surface area (Å²) < 4.78 is 12.6.